The molecular formula is C16H24N2O. The number of anilines is 1. The van der Waals surface area contributed by atoms with E-state index in [9.17, 15) is 4.79 Å². The highest BCUT2D eigenvalue weighted by Crippen LogP contribution is 2.23. The quantitative estimate of drug-likeness (QED) is 0.906. The van der Waals surface area contributed by atoms with Gasteiger partial charge >= 0.3 is 0 Å². The zero-order valence-electron chi connectivity index (χ0n) is 12.2. The van der Waals surface area contributed by atoms with E-state index in [1.165, 1.54) is 5.56 Å². The molecule has 0 saturated carbocycles. The molecule has 0 atom stereocenters. The fourth-order valence-electron chi connectivity index (χ4n) is 2.34. The summed E-state index contributed by atoms with van der Waals surface area (Å²) in [5.74, 6) is 0.206. The molecule has 2 rings (SSSR count). The second-order valence-corrected chi connectivity index (χ2v) is 6.27. The summed E-state index contributed by atoms with van der Waals surface area (Å²) in [4.78, 5) is 13.8. The lowest BCUT2D eigenvalue weighted by Crippen LogP contribution is -2.32. The van der Waals surface area contributed by atoms with E-state index in [-0.39, 0.29) is 11.3 Å². The lowest BCUT2D eigenvalue weighted by molar-refractivity contribution is -0.128. The Morgan fingerprint density at radius 1 is 1.16 bits per heavy atom. The van der Waals surface area contributed by atoms with Gasteiger partial charge < -0.3 is 10.2 Å². The maximum absolute atomic E-state index is 11.9. The van der Waals surface area contributed by atoms with Gasteiger partial charge in [-0.25, -0.2) is 0 Å². The number of nitrogens with one attached hydrogen (secondary N) is 1. The third-order valence-corrected chi connectivity index (χ3v) is 3.65. The van der Waals surface area contributed by atoms with Crippen molar-refractivity contribution in [3.63, 3.8) is 0 Å². The van der Waals surface area contributed by atoms with Crippen LogP contribution in [0.25, 0.3) is 0 Å². The Kier molecular flexibility index (Phi) is 4.13. The summed E-state index contributed by atoms with van der Waals surface area (Å²) in [7, 11) is 0. The van der Waals surface area contributed by atoms with Crippen molar-refractivity contribution in [3.05, 3.63) is 29.8 Å². The summed E-state index contributed by atoms with van der Waals surface area (Å²) in [5, 5.41) is 3.21. The van der Waals surface area contributed by atoms with Crippen molar-refractivity contribution in [2.75, 3.05) is 25.0 Å². The van der Waals surface area contributed by atoms with Gasteiger partial charge in [-0.05, 0) is 36.0 Å². The van der Waals surface area contributed by atoms with Crippen LogP contribution in [0.15, 0.2) is 24.3 Å². The van der Waals surface area contributed by atoms with Gasteiger partial charge in [-0.3, -0.25) is 4.79 Å². The van der Waals surface area contributed by atoms with Crippen LogP contribution in [0.5, 0.6) is 0 Å². The van der Waals surface area contributed by atoms with Crippen molar-refractivity contribution in [1.82, 2.24) is 4.90 Å². The molecular weight excluding hydrogens is 236 g/mol. The smallest absolute Gasteiger partial charge is 0.241 e. The van der Waals surface area contributed by atoms with Gasteiger partial charge in [0.1, 0.15) is 0 Å². The molecule has 0 spiro atoms. The molecule has 19 heavy (non-hydrogen) atoms. The van der Waals surface area contributed by atoms with E-state index in [1.54, 1.807) is 0 Å². The second-order valence-electron chi connectivity index (χ2n) is 6.27. The Morgan fingerprint density at radius 2 is 1.74 bits per heavy atom. The van der Waals surface area contributed by atoms with Crippen LogP contribution >= 0.6 is 0 Å². The van der Waals surface area contributed by atoms with Gasteiger partial charge in [-0.1, -0.05) is 32.9 Å². The normalized spacial score (nSPS) is 15.6. The zero-order valence-corrected chi connectivity index (χ0v) is 12.2. The van der Waals surface area contributed by atoms with Gasteiger partial charge in [0, 0.05) is 18.8 Å². The van der Waals surface area contributed by atoms with E-state index in [2.05, 4.69) is 50.4 Å². The first-order valence-corrected chi connectivity index (χ1v) is 7.09. The molecule has 1 heterocycles. The van der Waals surface area contributed by atoms with Crippen LogP contribution in [-0.2, 0) is 10.2 Å². The minimum absolute atomic E-state index is 0.171. The number of hydrogen-bond donors (Lipinski definition) is 1. The molecule has 1 fully saturated rings. The van der Waals surface area contributed by atoms with E-state index in [1.807, 2.05) is 4.90 Å². The molecule has 0 aromatic heterocycles. The Hall–Kier alpha value is -1.51. The van der Waals surface area contributed by atoms with Crippen molar-refractivity contribution in [3.8, 4) is 0 Å². The monoisotopic (exact) mass is 260 g/mol. The molecule has 3 heteroatoms. The molecule has 1 aliphatic rings. The number of rotatable bonds is 3. The van der Waals surface area contributed by atoms with Crippen LogP contribution in [0, 0.1) is 0 Å². The molecule has 1 N–H and O–H groups in total. The van der Waals surface area contributed by atoms with Gasteiger partial charge in [0.25, 0.3) is 0 Å². The van der Waals surface area contributed by atoms with Crippen molar-refractivity contribution < 1.29 is 4.79 Å². The first-order chi connectivity index (χ1) is 8.97. The Morgan fingerprint density at radius 3 is 2.26 bits per heavy atom. The second kappa shape index (κ2) is 5.64. The van der Waals surface area contributed by atoms with E-state index in [0.717, 1.165) is 31.6 Å². The fourth-order valence-corrected chi connectivity index (χ4v) is 2.34. The average Bonchev–Trinajstić information content (AvgIpc) is 2.89. The molecule has 1 amide bonds. The highest BCUT2D eigenvalue weighted by Gasteiger charge is 2.17. The number of likely N-dealkylation sites (tertiary alicyclic amines) is 1. The fraction of sp³-hybridized carbons (Fsp3) is 0.562. The summed E-state index contributed by atoms with van der Waals surface area (Å²) >= 11 is 0. The summed E-state index contributed by atoms with van der Waals surface area (Å²) in [6, 6.07) is 8.36. The molecule has 0 aliphatic carbocycles. The highest BCUT2D eigenvalue weighted by atomic mass is 16.2. The molecule has 1 aromatic carbocycles. The molecule has 1 saturated heterocycles. The van der Waals surface area contributed by atoms with Gasteiger partial charge in [0.05, 0.1) is 6.54 Å². The first-order valence-electron chi connectivity index (χ1n) is 7.09. The maximum Gasteiger partial charge on any atom is 0.241 e. The van der Waals surface area contributed by atoms with Gasteiger partial charge in [-0.15, -0.1) is 0 Å². The van der Waals surface area contributed by atoms with Crippen LogP contribution in [0.3, 0.4) is 0 Å². The van der Waals surface area contributed by atoms with Crippen LogP contribution in [0.4, 0.5) is 5.69 Å². The largest absolute Gasteiger partial charge is 0.376 e. The van der Waals surface area contributed by atoms with E-state index >= 15 is 0 Å². The predicted octanol–water partition coefficient (Wildman–Crippen LogP) is 3.02. The topological polar surface area (TPSA) is 32.3 Å². The average molecular weight is 260 g/mol. The molecule has 3 nitrogen and oxygen atoms in total. The van der Waals surface area contributed by atoms with Crippen molar-refractivity contribution >= 4 is 11.6 Å². The maximum atomic E-state index is 11.9. The van der Waals surface area contributed by atoms with Gasteiger partial charge in [0.2, 0.25) is 5.91 Å². The van der Waals surface area contributed by atoms with E-state index in [4.69, 9.17) is 0 Å². The lowest BCUT2D eigenvalue weighted by Gasteiger charge is -2.20. The molecule has 1 aromatic rings. The number of benzene rings is 1. The van der Waals surface area contributed by atoms with Crippen molar-refractivity contribution in [2.45, 2.75) is 39.0 Å². The Balaban J connectivity index is 1.87. The molecule has 0 unspecified atom stereocenters. The standard InChI is InChI=1S/C16H24N2O/c1-16(2,3)13-6-8-14(9-7-13)17-12-15(19)18-10-4-5-11-18/h6-9,17H,4-5,10-12H2,1-3H3. The number of carbonyl (C=O) groups excluding carboxylic acids is 1. The van der Waals surface area contributed by atoms with Crippen molar-refractivity contribution in [1.29, 1.82) is 0 Å². The molecule has 0 bridgehead atoms. The number of amides is 1. The zero-order chi connectivity index (χ0) is 13.9. The Bertz CT molecular complexity index is 425. The minimum atomic E-state index is 0.171. The van der Waals surface area contributed by atoms with Gasteiger partial charge in [0.15, 0.2) is 0 Å². The van der Waals surface area contributed by atoms with E-state index in [0.29, 0.717) is 6.54 Å². The van der Waals surface area contributed by atoms with Crippen LogP contribution in [-0.4, -0.2) is 30.4 Å². The highest BCUT2D eigenvalue weighted by molar-refractivity contribution is 5.81. The lowest BCUT2D eigenvalue weighted by atomic mass is 9.87. The summed E-state index contributed by atoms with van der Waals surface area (Å²) in [5.41, 5.74) is 2.49. The van der Waals surface area contributed by atoms with E-state index < -0.39 is 0 Å². The third-order valence-electron chi connectivity index (χ3n) is 3.65. The number of nitrogens with zero attached hydrogens (tertiary/aromatic N) is 1. The first kappa shape index (κ1) is 13.9. The summed E-state index contributed by atoms with van der Waals surface area (Å²) in [6.45, 7) is 8.84. The summed E-state index contributed by atoms with van der Waals surface area (Å²) < 4.78 is 0. The van der Waals surface area contributed by atoms with Gasteiger partial charge in [-0.2, -0.15) is 0 Å². The molecule has 104 valence electrons. The predicted molar refractivity (Wildman–Crippen MR) is 79.4 cm³/mol. The Labute approximate surface area is 116 Å². The summed E-state index contributed by atoms with van der Waals surface area (Å²) in [6.07, 6.45) is 2.29. The molecule has 0 radical (unpaired) electrons. The van der Waals surface area contributed by atoms with Crippen LogP contribution in [0.1, 0.15) is 39.2 Å². The third kappa shape index (κ3) is 3.72. The van der Waals surface area contributed by atoms with Crippen LogP contribution < -0.4 is 5.32 Å². The number of hydrogen-bond acceptors (Lipinski definition) is 2. The van der Waals surface area contributed by atoms with Crippen LogP contribution in [0.2, 0.25) is 0 Å². The minimum Gasteiger partial charge on any atom is -0.376 e. The van der Waals surface area contributed by atoms with Crippen molar-refractivity contribution in [2.24, 2.45) is 0 Å². The number of carbonyl (C=O) groups is 1. The molecule has 1 aliphatic heterocycles. The SMILES string of the molecule is CC(C)(C)c1ccc(NCC(=O)N2CCCC2)cc1.